The monoisotopic (exact) mass is 211 g/mol. The van der Waals surface area contributed by atoms with Crippen LogP contribution in [0.1, 0.15) is 11.4 Å². The molecule has 0 saturated heterocycles. The Morgan fingerprint density at radius 1 is 1.36 bits per heavy atom. The van der Waals surface area contributed by atoms with E-state index in [1.54, 1.807) is 23.4 Å². The lowest BCUT2D eigenvalue weighted by atomic mass is 10.4. The molecule has 2 aromatic heterocycles. The van der Waals surface area contributed by atoms with Crippen LogP contribution in [-0.2, 0) is 19.5 Å². The molecule has 0 fully saturated rings. The summed E-state index contributed by atoms with van der Waals surface area (Å²) < 4.78 is 3.71. The van der Waals surface area contributed by atoms with E-state index < -0.39 is 0 Å². The average Bonchev–Trinajstić information content (AvgIpc) is 2.77. The first kappa shape index (κ1) is 9.21. The van der Waals surface area contributed by atoms with Crippen LogP contribution >= 0.6 is 11.6 Å². The summed E-state index contributed by atoms with van der Waals surface area (Å²) in [4.78, 5) is 4.03. The molecule has 14 heavy (non-hydrogen) atoms. The van der Waals surface area contributed by atoms with Gasteiger partial charge in [0.2, 0.25) is 0 Å². The highest BCUT2D eigenvalue weighted by Crippen LogP contribution is 2.05. The van der Waals surface area contributed by atoms with Crippen molar-refractivity contribution in [3.05, 3.63) is 30.1 Å². The quantitative estimate of drug-likeness (QED) is 0.706. The van der Waals surface area contributed by atoms with Crippen molar-refractivity contribution in [3.8, 4) is 0 Å². The molecule has 2 aromatic rings. The lowest BCUT2D eigenvalue weighted by Crippen LogP contribution is -2.08. The molecule has 6 heteroatoms. The number of halogens is 1. The second-order valence-corrected chi connectivity index (χ2v) is 3.28. The van der Waals surface area contributed by atoms with Crippen molar-refractivity contribution in [2.24, 2.45) is 7.05 Å². The van der Waals surface area contributed by atoms with Gasteiger partial charge in [-0.05, 0) is 0 Å². The maximum atomic E-state index is 5.73. The van der Waals surface area contributed by atoms with E-state index in [1.807, 2.05) is 11.6 Å². The first-order chi connectivity index (χ1) is 6.81. The standard InChI is InChI=1S/C8H10ClN5/c1-13-6-10-3-8(13)5-14-7(2-9)4-11-12-14/h3-4,6H,2,5H2,1H3. The topological polar surface area (TPSA) is 48.5 Å². The van der Waals surface area contributed by atoms with Crippen molar-refractivity contribution in [3.63, 3.8) is 0 Å². The van der Waals surface area contributed by atoms with Gasteiger partial charge in [0.05, 0.1) is 42.5 Å². The Kier molecular flexibility index (Phi) is 2.49. The zero-order valence-corrected chi connectivity index (χ0v) is 8.52. The van der Waals surface area contributed by atoms with Crippen LogP contribution in [0.25, 0.3) is 0 Å². The molecule has 0 spiro atoms. The van der Waals surface area contributed by atoms with Crippen LogP contribution in [0.5, 0.6) is 0 Å². The lowest BCUT2D eigenvalue weighted by molar-refractivity contribution is 0.604. The van der Waals surface area contributed by atoms with Gasteiger partial charge in [0.1, 0.15) is 0 Å². The fourth-order valence-electron chi connectivity index (χ4n) is 1.21. The number of aromatic nitrogens is 5. The van der Waals surface area contributed by atoms with Crippen LogP contribution in [0.15, 0.2) is 18.7 Å². The molecule has 0 unspecified atom stereocenters. The van der Waals surface area contributed by atoms with Crippen LogP contribution < -0.4 is 0 Å². The summed E-state index contributed by atoms with van der Waals surface area (Å²) in [6, 6.07) is 0. The summed E-state index contributed by atoms with van der Waals surface area (Å²) in [7, 11) is 1.94. The molecule has 0 aromatic carbocycles. The highest BCUT2D eigenvalue weighted by molar-refractivity contribution is 6.16. The van der Waals surface area contributed by atoms with Crippen molar-refractivity contribution >= 4 is 11.6 Å². The van der Waals surface area contributed by atoms with E-state index in [9.17, 15) is 0 Å². The van der Waals surface area contributed by atoms with Gasteiger partial charge in [-0.2, -0.15) is 0 Å². The van der Waals surface area contributed by atoms with Crippen LogP contribution in [-0.4, -0.2) is 24.5 Å². The van der Waals surface area contributed by atoms with E-state index in [0.29, 0.717) is 12.4 Å². The van der Waals surface area contributed by atoms with Gasteiger partial charge in [0.25, 0.3) is 0 Å². The predicted molar refractivity (Wildman–Crippen MR) is 51.9 cm³/mol. The minimum Gasteiger partial charge on any atom is -0.336 e. The highest BCUT2D eigenvalue weighted by atomic mass is 35.5. The molecule has 0 N–H and O–H groups in total. The van der Waals surface area contributed by atoms with Gasteiger partial charge >= 0.3 is 0 Å². The number of hydrogen-bond donors (Lipinski definition) is 0. The largest absolute Gasteiger partial charge is 0.336 e. The molecule has 0 radical (unpaired) electrons. The third kappa shape index (κ3) is 1.63. The fourth-order valence-corrected chi connectivity index (χ4v) is 1.41. The normalized spacial score (nSPS) is 10.7. The molecule has 5 nitrogen and oxygen atoms in total. The van der Waals surface area contributed by atoms with E-state index in [4.69, 9.17) is 11.6 Å². The van der Waals surface area contributed by atoms with Gasteiger partial charge in [-0.3, -0.25) is 0 Å². The van der Waals surface area contributed by atoms with Crippen LogP contribution in [0.3, 0.4) is 0 Å². The Balaban J connectivity index is 2.22. The first-order valence-corrected chi connectivity index (χ1v) is 4.73. The predicted octanol–water partition coefficient (Wildman–Crippen LogP) is 0.799. The van der Waals surface area contributed by atoms with Crippen LogP contribution in [0.4, 0.5) is 0 Å². The maximum Gasteiger partial charge on any atom is 0.0946 e. The summed E-state index contributed by atoms with van der Waals surface area (Å²) in [5, 5.41) is 7.75. The zero-order valence-electron chi connectivity index (χ0n) is 7.76. The lowest BCUT2D eigenvalue weighted by Gasteiger charge is -2.03. The molecule has 0 aliphatic rings. The Morgan fingerprint density at radius 3 is 2.86 bits per heavy atom. The second kappa shape index (κ2) is 3.79. The zero-order chi connectivity index (χ0) is 9.97. The van der Waals surface area contributed by atoms with E-state index in [1.165, 1.54) is 0 Å². The Labute approximate surface area is 86.3 Å². The number of hydrogen-bond acceptors (Lipinski definition) is 3. The Bertz CT molecular complexity index is 419. The molecular formula is C8H10ClN5. The average molecular weight is 212 g/mol. The smallest absolute Gasteiger partial charge is 0.0946 e. The molecule has 0 aliphatic heterocycles. The van der Waals surface area contributed by atoms with E-state index in [-0.39, 0.29) is 0 Å². The summed E-state index contributed by atoms with van der Waals surface area (Å²) in [5.74, 6) is 0.421. The third-order valence-corrected chi connectivity index (χ3v) is 2.34. The molecule has 0 saturated carbocycles. The summed E-state index contributed by atoms with van der Waals surface area (Å²) >= 11 is 5.73. The number of rotatable bonds is 3. The van der Waals surface area contributed by atoms with Crippen molar-refractivity contribution in [1.82, 2.24) is 24.5 Å². The first-order valence-electron chi connectivity index (χ1n) is 4.20. The molecule has 0 amide bonds. The second-order valence-electron chi connectivity index (χ2n) is 3.01. The van der Waals surface area contributed by atoms with Gasteiger partial charge in [0.15, 0.2) is 0 Å². The van der Waals surface area contributed by atoms with E-state index in [2.05, 4.69) is 15.3 Å². The SMILES string of the molecule is Cn1cncc1Cn1nncc1CCl. The van der Waals surface area contributed by atoms with Crippen LogP contribution in [0, 0.1) is 0 Å². The van der Waals surface area contributed by atoms with Gasteiger partial charge in [0, 0.05) is 7.05 Å². The van der Waals surface area contributed by atoms with Gasteiger partial charge in [-0.15, -0.1) is 16.7 Å². The van der Waals surface area contributed by atoms with Crippen molar-refractivity contribution in [2.75, 3.05) is 0 Å². The highest BCUT2D eigenvalue weighted by Gasteiger charge is 2.05. The van der Waals surface area contributed by atoms with Crippen molar-refractivity contribution in [1.29, 1.82) is 0 Å². The van der Waals surface area contributed by atoms with Gasteiger partial charge in [-0.1, -0.05) is 5.21 Å². The summed E-state index contributed by atoms with van der Waals surface area (Å²) in [6.45, 7) is 0.651. The minimum atomic E-state index is 0.421. The molecule has 0 atom stereocenters. The van der Waals surface area contributed by atoms with Gasteiger partial charge in [-0.25, -0.2) is 9.67 Å². The number of alkyl halides is 1. The molecule has 0 aliphatic carbocycles. The third-order valence-electron chi connectivity index (χ3n) is 2.06. The minimum absolute atomic E-state index is 0.421. The Morgan fingerprint density at radius 2 is 2.21 bits per heavy atom. The number of aryl methyl sites for hydroxylation is 1. The van der Waals surface area contributed by atoms with E-state index >= 15 is 0 Å². The molecule has 74 valence electrons. The fraction of sp³-hybridized carbons (Fsp3) is 0.375. The summed E-state index contributed by atoms with van der Waals surface area (Å²) in [6.07, 6.45) is 5.23. The van der Waals surface area contributed by atoms with Crippen LogP contribution in [0.2, 0.25) is 0 Å². The number of nitrogens with zero attached hydrogens (tertiary/aromatic N) is 5. The van der Waals surface area contributed by atoms with Gasteiger partial charge < -0.3 is 4.57 Å². The Hall–Kier alpha value is -1.36. The molecular weight excluding hydrogens is 202 g/mol. The molecule has 2 heterocycles. The summed E-state index contributed by atoms with van der Waals surface area (Å²) in [5.41, 5.74) is 1.98. The van der Waals surface area contributed by atoms with E-state index in [0.717, 1.165) is 11.4 Å². The van der Waals surface area contributed by atoms with Crippen molar-refractivity contribution in [2.45, 2.75) is 12.4 Å². The molecule has 2 rings (SSSR count). The maximum absolute atomic E-state index is 5.73. The number of imidazole rings is 1. The molecule has 0 bridgehead atoms. The van der Waals surface area contributed by atoms with Crippen molar-refractivity contribution < 1.29 is 0 Å².